The van der Waals surface area contributed by atoms with E-state index in [1.54, 1.807) is 7.11 Å². The van der Waals surface area contributed by atoms with Crippen molar-refractivity contribution in [3.05, 3.63) is 52.2 Å². The summed E-state index contributed by atoms with van der Waals surface area (Å²) < 4.78 is 5.25. The Hall–Kier alpha value is -2.44. The van der Waals surface area contributed by atoms with Crippen LogP contribution in [0.25, 0.3) is 0 Å². The summed E-state index contributed by atoms with van der Waals surface area (Å²) >= 11 is 0. The molecule has 1 amide bonds. The Morgan fingerprint density at radius 3 is 2.54 bits per heavy atom. The molecule has 3 rings (SSSR count). The molecule has 0 spiro atoms. The fourth-order valence-electron chi connectivity index (χ4n) is 3.59. The van der Waals surface area contributed by atoms with Crippen LogP contribution in [0.3, 0.4) is 0 Å². The number of methoxy groups -OCH3 is 1. The third-order valence-electron chi connectivity index (χ3n) is 5.41. The van der Waals surface area contributed by atoms with Crippen molar-refractivity contribution in [3.63, 3.8) is 0 Å². The van der Waals surface area contributed by atoms with Crippen LogP contribution < -0.4 is 10.2 Å². The van der Waals surface area contributed by atoms with E-state index in [1.807, 2.05) is 45.0 Å². The molecule has 28 heavy (non-hydrogen) atoms. The second kappa shape index (κ2) is 8.71. The highest BCUT2D eigenvalue weighted by Crippen LogP contribution is 2.26. The van der Waals surface area contributed by atoms with Crippen LogP contribution in [-0.2, 0) is 11.3 Å². The van der Waals surface area contributed by atoms with Gasteiger partial charge in [0.2, 0.25) is 0 Å². The largest absolute Gasteiger partial charge is 0.393 e. The molecule has 1 aliphatic heterocycles. The number of hydrogen-bond acceptors (Lipinski definition) is 5. The predicted octanol–water partition coefficient (Wildman–Crippen LogP) is 3.37. The number of aryl methyl sites for hydroxylation is 2. The predicted molar refractivity (Wildman–Crippen MR) is 111 cm³/mol. The van der Waals surface area contributed by atoms with Crippen LogP contribution in [0.1, 0.15) is 45.6 Å². The van der Waals surface area contributed by atoms with Crippen LogP contribution >= 0.6 is 0 Å². The maximum Gasteiger partial charge on any atom is 0.274 e. The van der Waals surface area contributed by atoms with Crippen molar-refractivity contribution in [2.45, 2.75) is 46.3 Å². The lowest BCUT2D eigenvalue weighted by molar-refractivity contribution is 0.102. The summed E-state index contributed by atoms with van der Waals surface area (Å²) in [4.78, 5) is 19.8. The fraction of sp³-hybridized carbons (Fsp3) is 0.455. The van der Waals surface area contributed by atoms with Gasteiger partial charge >= 0.3 is 0 Å². The van der Waals surface area contributed by atoms with Gasteiger partial charge < -0.3 is 20.1 Å². The van der Waals surface area contributed by atoms with Crippen molar-refractivity contribution in [2.75, 3.05) is 30.4 Å². The molecule has 1 saturated heterocycles. The highest BCUT2D eigenvalue weighted by atomic mass is 16.5. The molecule has 0 aliphatic carbocycles. The third kappa shape index (κ3) is 4.34. The number of carbonyl (C=O) groups excluding carboxylic acids is 1. The van der Waals surface area contributed by atoms with Gasteiger partial charge in [0.1, 0.15) is 11.5 Å². The summed E-state index contributed by atoms with van der Waals surface area (Å²) in [5.74, 6) is 0.571. The summed E-state index contributed by atoms with van der Waals surface area (Å²) in [7, 11) is 1.66. The van der Waals surface area contributed by atoms with Crippen LogP contribution in [0.5, 0.6) is 0 Å². The van der Waals surface area contributed by atoms with Crippen LogP contribution in [0.4, 0.5) is 11.5 Å². The molecule has 0 atom stereocenters. The number of nitrogens with one attached hydrogen (secondary N) is 1. The Kier molecular flexibility index (Phi) is 6.31. The van der Waals surface area contributed by atoms with Crippen LogP contribution in [0.15, 0.2) is 24.3 Å². The lowest BCUT2D eigenvalue weighted by Gasteiger charge is -2.30. The van der Waals surface area contributed by atoms with E-state index in [9.17, 15) is 9.90 Å². The molecule has 2 aromatic rings. The first-order chi connectivity index (χ1) is 13.4. The Balaban J connectivity index is 1.85. The minimum Gasteiger partial charge on any atom is -0.393 e. The molecule has 0 bridgehead atoms. The van der Waals surface area contributed by atoms with Crippen LogP contribution in [0.2, 0.25) is 0 Å². The van der Waals surface area contributed by atoms with Gasteiger partial charge in [-0.1, -0.05) is 18.2 Å². The third-order valence-corrected chi connectivity index (χ3v) is 5.41. The first kappa shape index (κ1) is 20.3. The summed E-state index contributed by atoms with van der Waals surface area (Å²) in [5.41, 5.74) is 5.14. The molecule has 1 aromatic heterocycles. The molecule has 6 heteroatoms. The van der Waals surface area contributed by atoms with E-state index in [2.05, 4.69) is 15.2 Å². The van der Waals surface area contributed by atoms with Gasteiger partial charge in [0.05, 0.1) is 12.7 Å². The monoisotopic (exact) mass is 383 g/mol. The summed E-state index contributed by atoms with van der Waals surface area (Å²) in [6.45, 7) is 7.86. The second-order valence-electron chi connectivity index (χ2n) is 7.48. The Bertz CT molecular complexity index is 858. The van der Waals surface area contributed by atoms with Gasteiger partial charge in [-0.3, -0.25) is 4.79 Å². The molecule has 1 fully saturated rings. The van der Waals surface area contributed by atoms with E-state index < -0.39 is 0 Å². The molecule has 150 valence electrons. The van der Waals surface area contributed by atoms with Crippen molar-refractivity contribution < 1.29 is 14.6 Å². The standard InChI is InChI=1S/C22H29N3O3/c1-14-5-7-17(13-28-4)16(3)20(14)24-22(27)21-15(2)6-8-19(23-21)25-11-9-18(26)10-12-25/h5-8,18,26H,9-13H2,1-4H3,(H,24,27). The van der Waals surface area contributed by atoms with Crippen molar-refractivity contribution in [1.29, 1.82) is 0 Å². The van der Waals surface area contributed by atoms with Gasteiger partial charge in [-0.25, -0.2) is 4.98 Å². The molecular formula is C22H29N3O3. The smallest absolute Gasteiger partial charge is 0.274 e. The zero-order valence-corrected chi connectivity index (χ0v) is 17.1. The van der Waals surface area contributed by atoms with E-state index in [1.165, 1.54) is 0 Å². The minimum absolute atomic E-state index is 0.211. The van der Waals surface area contributed by atoms with Crippen LogP contribution in [-0.4, -0.2) is 42.3 Å². The zero-order valence-electron chi connectivity index (χ0n) is 17.1. The van der Waals surface area contributed by atoms with Gasteiger partial charge in [0, 0.05) is 25.9 Å². The molecule has 1 aromatic carbocycles. The second-order valence-corrected chi connectivity index (χ2v) is 7.48. The quantitative estimate of drug-likeness (QED) is 0.828. The Labute approximate surface area is 166 Å². The molecule has 2 heterocycles. The number of anilines is 2. The van der Waals surface area contributed by atoms with Crippen molar-refractivity contribution >= 4 is 17.4 Å². The number of amides is 1. The number of aromatic nitrogens is 1. The summed E-state index contributed by atoms with van der Waals surface area (Å²) in [5, 5.41) is 12.8. The Morgan fingerprint density at radius 2 is 1.86 bits per heavy atom. The Morgan fingerprint density at radius 1 is 1.18 bits per heavy atom. The molecule has 2 N–H and O–H groups in total. The van der Waals surface area contributed by atoms with Gasteiger partial charge in [-0.15, -0.1) is 0 Å². The average Bonchev–Trinajstić information content (AvgIpc) is 2.68. The maximum atomic E-state index is 13.0. The SMILES string of the molecule is COCc1ccc(C)c(NC(=O)c2nc(N3CCC(O)CC3)ccc2C)c1C. The van der Waals surface area contributed by atoms with Crippen LogP contribution in [0, 0.1) is 20.8 Å². The van der Waals surface area contributed by atoms with Crippen molar-refractivity contribution in [2.24, 2.45) is 0 Å². The van der Waals surface area contributed by atoms with E-state index in [0.29, 0.717) is 12.3 Å². The zero-order chi connectivity index (χ0) is 20.3. The maximum absolute atomic E-state index is 13.0. The van der Waals surface area contributed by atoms with E-state index in [-0.39, 0.29) is 12.0 Å². The van der Waals surface area contributed by atoms with Gasteiger partial charge in [-0.2, -0.15) is 0 Å². The number of piperidine rings is 1. The number of ether oxygens (including phenoxy) is 1. The number of rotatable bonds is 5. The first-order valence-corrected chi connectivity index (χ1v) is 9.70. The minimum atomic E-state index is -0.241. The number of benzene rings is 1. The van der Waals surface area contributed by atoms with E-state index in [4.69, 9.17) is 4.74 Å². The summed E-state index contributed by atoms with van der Waals surface area (Å²) in [6.07, 6.45) is 1.21. The lowest BCUT2D eigenvalue weighted by Crippen LogP contribution is -2.36. The number of aliphatic hydroxyl groups excluding tert-OH is 1. The number of nitrogens with zero attached hydrogens (tertiary/aromatic N) is 2. The first-order valence-electron chi connectivity index (χ1n) is 9.70. The molecular weight excluding hydrogens is 354 g/mol. The summed E-state index contributed by atoms with van der Waals surface area (Å²) in [6, 6.07) is 7.90. The normalized spacial score (nSPS) is 15.0. The highest BCUT2D eigenvalue weighted by Gasteiger charge is 2.21. The fourth-order valence-corrected chi connectivity index (χ4v) is 3.59. The van der Waals surface area contributed by atoms with Gasteiger partial charge in [0.25, 0.3) is 5.91 Å². The molecule has 0 saturated carbocycles. The topological polar surface area (TPSA) is 74.7 Å². The van der Waals surface area contributed by atoms with Crippen molar-refractivity contribution in [1.82, 2.24) is 4.98 Å². The molecule has 0 radical (unpaired) electrons. The molecule has 1 aliphatic rings. The molecule has 0 unspecified atom stereocenters. The number of aliphatic hydroxyl groups is 1. The van der Waals surface area contributed by atoms with Crippen molar-refractivity contribution in [3.8, 4) is 0 Å². The number of pyridine rings is 1. The lowest BCUT2D eigenvalue weighted by atomic mass is 10.0. The highest BCUT2D eigenvalue weighted by molar-refractivity contribution is 6.05. The van der Waals surface area contributed by atoms with Gasteiger partial charge in [0.15, 0.2) is 0 Å². The van der Waals surface area contributed by atoms with E-state index >= 15 is 0 Å². The average molecular weight is 383 g/mol. The number of carbonyl (C=O) groups is 1. The van der Waals surface area contributed by atoms with E-state index in [0.717, 1.165) is 59.7 Å². The number of hydrogen-bond donors (Lipinski definition) is 2. The van der Waals surface area contributed by atoms with Gasteiger partial charge in [-0.05, 0) is 61.9 Å². The molecule has 6 nitrogen and oxygen atoms in total.